The fourth-order valence-electron chi connectivity index (χ4n) is 1.88. The third kappa shape index (κ3) is 2.17. The maximum absolute atomic E-state index is 4.71. The van der Waals surface area contributed by atoms with E-state index in [2.05, 4.69) is 39.5 Å². The topological polar surface area (TPSA) is 15.6 Å². The van der Waals surface area contributed by atoms with E-state index >= 15 is 0 Å². The predicted molar refractivity (Wildman–Crippen MR) is 62.5 cm³/mol. The minimum Gasteiger partial charge on any atom is -0.356 e. The molecule has 0 saturated carbocycles. The summed E-state index contributed by atoms with van der Waals surface area (Å²) in [5.74, 6) is 1.78. The van der Waals surface area contributed by atoms with E-state index in [1.54, 1.807) is 0 Å². The summed E-state index contributed by atoms with van der Waals surface area (Å²) in [6.45, 7) is 13.1. The molecule has 0 aromatic carbocycles. The average molecular weight is 194 g/mol. The second-order valence-electron chi connectivity index (χ2n) is 4.18. The molecule has 1 heterocycles. The molecule has 0 amide bonds. The number of rotatable bonds is 3. The number of allylic oxidation sites excluding steroid dienone is 1. The standard InChI is InChI=1S/C12H22N2/c1-6-11-8-14(7-2)12(9(3)4)13-10(11)5/h9H,6-8H2,1-5H3. The Labute approximate surface area is 87.7 Å². The van der Waals surface area contributed by atoms with Gasteiger partial charge < -0.3 is 4.90 Å². The van der Waals surface area contributed by atoms with Crippen LogP contribution in [0.15, 0.2) is 16.3 Å². The number of nitrogens with zero attached hydrogens (tertiary/aromatic N) is 2. The molecule has 2 nitrogen and oxygen atoms in total. The summed E-state index contributed by atoms with van der Waals surface area (Å²) >= 11 is 0. The van der Waals surface area contributed by atoms with Gasteiger partial charge in [0.25, 0.3) is 0 Å². The Morgan fingerprint density at radius 1 is 1.36 bits per heavy atom. The number of aliphatic imine (C=N–C) groups is 1. The molecule has 1 rings (SSSR count). The highest BCUT2D eigenvalue weighted by molar-refractivity contribution is 5.86. The lowest BCUT2D eigenvalue weighted by Crippen LogP contribution is -2.38. The van der Waals surface area contributed by atoms with Crippen LogP contribution in [0.4, 0.5) is 0 Å². The van der Waals surface area contributed by atoms with Crippen LogP contribution in [0.2, 0.25) is 0 Å². The Morgan fingerprint density at radius 3 is 2.43 bits per heavy atom. The summed E-state index contributed by atoms with van der Waals surface area (Å²) < 4.78 is 0. The zero-order valence-corrected chi connectivity index (χ0v) is 10.1. The van der Waals surface area contributed by atoms with E-state index in [9.17, 15) is 0 Å². The van der Waals surface area contributed by atoms with Crippen molar-refractivity contribution in [3.8, 4) is 0 Å². The second-order valence-corrected chi connectivity index (χ2v) is 4.18. The van der Waals surface area contributed by atoms with Gasteiger partial charge in [0.1, 0.15) is 5.84 Å². The Kier molecular flexibility index (Phi) is 3.73. The average Bonchev–Trinajstić information content (AvgIpc) is 2.17. The van der Waals surface area contributed by atoms with Crippen LogP contribution in [-0.2, 0) is 0 Å². The molecule has 0 N–H and O–H groups in total. The van der Waals surface area contributed by atoms with Crippen LogP contribution in [0.25, 0.3) is 0 Å². The van der Waals surface area contributed by atoms with E-state index in [1.807, 2.05) is 0 Å². The molecule has 80 valence electrons. The highest BCUT2D eigenvalue weighted by atomic mass is 15.2. The summed E-state index contributed by atoms with van der Waals surface area (Å²) in [6, 6.07) is 0. The molecular formula is C12H22N2. The molecule has 0 bridgehead atoms. The number of hydrogen-bond acceptors (Lipinski definition) is 2. The van der Waals surface area contributed by atoms with Gasteiger partial charge in [-0.2, -0.15) is 0 Å². The van der Waals surface area contributed by atoms with Gasteiger partial charge >= 0.3 is 0 Å². The first-order valence-corrected chi connectivity index (χ1v) is 5.62. The highest BCUT2D eigenvalue weighted by Crippen LogP contribution is 2.20. The van der Waals surface area contributed by atoms with Gasteiger partial charge in [-0.15, -0.1) is 0 Å². The summed E-state index contributed by atoms with van der Waals surface area (Å²) in [6.07, 6.45) is 1.12. The van der Waals surface area contributed by atoms with Gasteiger partial charge in [-0.05, 0) is 25.8 Å². The van der Waals surface area contributed by atoms with Crippen molar-refractivity contribution in [3.05, 3.63) is 11.3 Å². The Hall–Kier alpha value is -0.790. The third-order valence-corrected chi connectivity index (χ3v) is 2.82. The minimum atomic E-state index is 0.531. The van der Waals surface area contributed by atoms with Crippen molar-refractivity contribution in [1.82, 2.24) is 4.90 Å². The normalized spacial score (nSPS) is 17.9. The highest BCUT2D eigenvalue weighted by Gasteiger charge is 2.19. The van der Waals surface area contributed by atoms with Crippen molar-refractivity contribution in [2.75, 3.05) is 13.1 Å². The summed E-state index contributed by atoms with van der Waals surface area (Å²) in [5.41, 5.74) is 2.72. The lowest BCUT2D eigenvalue weighted by molar-refractivity contribution is 0.436. The third-order valence-electron chi connectivity index (χ3n) is 2.82. The van der Waals surface area contributed by atoms with Crippen LogP contribution in [0.5, 0.6) is 0 Å². The predicted octanol–water partition coefficient (Wildman–Crippen LogP) is 3.06. The Balaban J connectivity index is 2.95. The van der Waals surface area contributed by atoms with E-state index in [4.69, 9.17) is 4.99 Å². The molecule has 0 aliphatic carbocycles. The van der Waals surface area contributed by atoms with Crippen LogP contribution in [0.1, 0.15) is 41.0 Å². The maximum atomic E-state index is 4.71. The monoisotopic (exact) mass is 194 g/mol. The van der Waals surface area contributed by atoms with Crippen molar-refractivity contribution in [1.29, 1.82) is 0 Å². The zero-order valence-electron chi connectivity index (χ0n) is 10.1. The fraction of sp³-hybridized carbons (Fsp3) is 0.750. The summed E-state index contributed by atoms with van der Waals surface area (Å²) in [5, 5.41) is 0. The molecule has 0 aromatic rings. The molecule has 1 aliphatic heterocycles. The molecule has 0 radical (unpaired) electrons. The van der Waals surface area contributed by atoms with E-state index in [0.29, 0.717) is 5.92 Å². The quantitative estimate of drug-likeness (QED) is 0.674. The first-order valence-electron chi connectivity index (χ1n) is 5.62. The fourth-order valence-corrected chi connectivity index (χ4v) is 1.88. The van der Waals surface area contributed by atoms with Crippen molar-refractivity contribution in [2.24, 2.45) is 10.9 Å². The molecule has 2 heteroatoms. The smallest absolute Gasteiger partial charge is 0.107 e. The maximum Gasteiger partial charge on any atom is 0.107 e. The molecule has 14 heavy (non-hydrogen) atoms. The SMILES string of the molecule is CCC1=C(C)N=C(C(C)C)N(CC)C1. The van der Waals surface area contributed by atoms with Gasteiger partial charge in [-0.25, -0.2) is 4.99 Å². The zero-order chi connectivity index (χ0) is 10.7. The van der Waals surface area contributed by atoms with Gasteiger partial charge in [-0.3, -0.25) is 0 Å². The van der Waals surface area contributed by atoms with Crippen molar-refractivity contribution in [2.45, 2.75) is 41.0 Å². The Bertz CT molecular complexity index is 261. The minimum absolute atomic E-state index is 0.531. The van der Waals surface area contributed by atoms with E-state index in [0.717, 1.165) is 19.5 Å². The molecule has 0 spiro atoms. The van der Waals surface area contributed by atoms with Gasteiger partial charge in [0.15, 0.2) is 0 Å². The molecule has 1 aliphatic rings. The van der Waals surface area contributed by atoms with Crippen LogP contribution in [0, 0.1) is 5.92 Å². The lowest BCUT2D eigenvalue weighted by Gasteiger charge is -2.32. The number of amidine groups is 1. The molecule has 0 aromatic heterocycles. The first-order chi connectivity index (χ1) is 6.60. The van der Waals surface area contributed by atoms with Crippen LogP contribution in [0.3, 0.4) is 0 Å². The van der Waals surface area contributed by atoms with Gasteiger partial charge in [0.05, 0.1) is 0 Å². The van der Waals surface area contributed by atoms with Crippen LogP contribution in [-0.4, -0.2) is 23.8 Å². The van der Waals surface area contributed by atoms with Gasteiger partial charge in [0.2, 0.25) is 0 Å². The van der Waals surface area contributed by atoms with Crippen LogP contribution < -0.4 is 0 Å². The molecular weight excluding hydrogens is 172 g/mol. The van der Waals surface area contributed by atoms with Gasteiger partial charge in [0, 0.05) is 24.7 Å². The number of likely N-dealkylation sites (N-methyl/N-ethyl adjacent to an activating group) is 1. The van der Waals surface area contributed by atoms with E-state index in [1.165, 1.54) is 17.1 Å². The molecule has 0 atom stereocenters. The molecule has 0 saturated heterocycles. The molecule has 0 unspecified atom stereocenters. The summed E-state index contributed by atoms with van der Waals surface area (Å²) in [7, 11) is 0. The largest absolute Gasteiger partial charge is 0.356 e. The summed E-state index contributed by atoms with van der Waals surface area (Å²) in [4.78, 5) is 7.09. The molecule has 0 fully saturated rings. The van der Waals surface area contributed by atoms with E-state index in [-0.39, 0.29) is 0 Å². The Morgan fingerprint density at radius 2 is 2.00 bits per heavy atom. The van der Waals surface area contributed by atoms with Crippen LogP contribution >= 0.6 is 0 Å². The van der Waals surface area contributed by atoms with Crippen molar-refractivity contribution >= 4 is 5.84 Å². The van der Waals surface area contributed by atoms with Crippen molar-refractivity contribution < 1.29 is 0 Å². The van der Waals surface area contributed by atoms with E-state index < -0.39 is 0 Å². The second kappa shape index (κ2) is 4.63. The lowest BCUT2D eigenvalue weighted by atomic mass is 10.1. The van der Waals surface area contributed by atoms with Gasteiger partial charge in [-0.1, -0.05) is 20.8 Å². The first kappa shape index (κ1) is 11.3. The van der Waals surface area contributed by atoms with Crippen molar-refractivity contribution in [3.63, 3.8) is 0 Å². The number of hydrogen-bond donors (Lipinski definition) is 0.